The zero-order valence-corrected chi connectivity index (χ0v) is 14.8. The molecule has 26 heavy (non-hydrogen) atoms. The van der Waals surface area contributed by atoms with E-state index in [9.17, 15) is 8.78 Å². The van der Waals surface area contributed by atoms with Crippen molar-refractivity contribution in [2.45, 2.75) is 25.3 Å². The van der Waals surface area contributed by atoms with E-state index in [0.717, 1.165) is 24.1 Å². The fraction of sp³-hybridized carbons (Fsp3) is 0.217. The summed E-state index contributed by atoms with van der Waals surface area (Å²) in [6, 6.07) is 23.6. The molecule has 3 aromatic carbocycles. The van der Waals surface area contributed by atoms with Gasteiger partial charge in [0, 0.05) is 12.0 Å². The van der Waals surface area contributed by atoms with Crippen molar-refractivity contribution in [1.29, 1.82) is 0 Å². The summed E-state index contributed by atoms with van der Waals surface area (Å²) in [4.78, 5) is 0. The molecule has 0 radical (unpaired) electrons. The lowest BCUT2D eigenvalue weighted by molar-refractivity contribution is 0.537. The zero-order chi connectivity index (χ0) is 18.4. The molecule has 0 saturated heterocycles. The lowest BCUT2D eigenvalue weighted by atomic mass is 9.88. The molecular formula is C23H23F2N. The van der Waals surface area contributed by atoms with Crippen LogP contribution < -0.4 is 5.32 Å². The molecule has 0 aliphatic carbocycles. The highest BCUT2D eigenvalue weighted by molar-refractivity contribution is 5.33. The fourth-order valence-electron chi connectivity index (χ4n) is 3.28. The molecule has 0 heterocycles. The molecule has 1 N–H and O–H groups in total. The van der Waals surface area contributed by atoms with Crippen molar-refractivity contribution < 1.29 is 8.78 Å². The van der Waals surface area contributed by atoms with Gasteiger partial charge in [-0.2, -0.15) is 0 Å². The summed E-state index contributed by atoms with van der Waals surface area (Å²) in [5.74, 6) is -0.596. The van der Waals surface area contributed by atoms with Crippen LogP contribution in [0.5, 0.6) is 0 Å². The Morgan fingerprint density at radius 2 is 1.27 bits per heavy atom. The van der Waals surface area contributed by atoms with Gasteiger partial charge in [-0.05, 0) is 60.8 Å². The van der Waals surface area contributed by atoms with Crippen LogP contribution in [0.4, 0.5) is 8.78 Å². The first-order valence-electron chi connectivity index (χ1n) is 8.93. The molecule has 0 bridgehead atoms. The first kappa shape index (κ1) is 18.3. The van der Waals surface area contributed by atoms with Crippen LogP contribution in [0.25, 0.3) is 0 Å². The molecule has 0 aliphatic heterocycles. The summed E-state index contributed by atoms with van der Waals surface area (Å²) in [6.45, 7) is 2.86. The van der Waals surface area contributed by atoms with Gasteiger partial charge in [0.1, 0.15) is 11.6 Å². The Kier molecular flexibility index (Phi) is 6.13. The molecule has 0 saturated carbocycles. The minimum atomic E-state index is -0.269. The van der Waals surface area contributed by atoms with Crippen LogP contribution in [0.1, 0.15) is 42.0 Å². The number of hydrogen-bond acceptors (Lipinski definition) is 1. The molecule has 1 unspecified atom stereocenters. The van der Waals surface area contributed by atoms with Crippen LogP contribution in [-0.2, 0) is 0 Å². The Morgan fingerprint density at radius 1 is 0.731 bits per heavy atom. The van der Waals surface area contributed by atoms with E-state index in [-0.39, 0.29) is 23.6 Å². The highest BCUT2D eigenvalue weighted by atomic mass is 19.1. The van der Waals surface area contributed by atoms with Crippen LogP contribution >= 0.6 is 0 Å². The Hall–Kier alpha value is -2.52. The molecule has 0 amide bonds. The number of halogens is 2. The molecule has 1 nitrogen and oxygen atoms in total. The van der Waals surface area contributed by atoms with Gasteiger partial charge in [-0.1, -0.05) is 54.6 Å². The van der Waals surface area contributed by atoms with Gasteiger partial charge in [-0.3, -0.25) is 0 Å². The van der Waals surface area contributed by atoms with Gasteiger partial charge in [-0.15, -0.1) is 0 Å². The Labute approximate surface area is 153 Å². The van der Waals surface area contributed by atoms with Crippen molar-refractivity contribution in [2.24, 2.45) is 0 Å². The molecule has 0 fully saturated rings. The van der Waals surface area contributed by atoms with Gasteiger partial charge in [-0.25, -0.2) is 8.78 Å². The summed E-state index contributed by atoms with van der Waals surface area (Å²) in [5, 5.41) is 3.51. The Morgan fingerprint density at radius 3 is 1.81 bits per heavy atom. The maximum absolute atomic E-state index is 13.7. The molecule has 3 heteroatoms. The standard InChI is InChI=1S/C23H23F2N/c1-17(18-7-3-2-4-8-18)26-14-13-23(19-9-5-11-21(24)15-19)20-10-6-12-22(25)16-20/h2-12,15-17,23,26H,13-14H2,1H3. The maximum Gasteiger partial charge on any atom is 0.123 e. The van der Waals surface area contributed by atoms with Crippen LogP contribution in [0.3, 0.4) is 0 Å². The smallest absolute Gasteiger partial charge is 0.123 e. The van der Waals surface area contributed by atoms with Crippen molar-refractivity contribution in [3.8, 4) is 0 Å². The summed E-state index contributed by atoms with van der Waals surface area (Å²) in [7, 11) is 0. The van der Waals surface area contributed by atoms with E-state index in [0.29, 0.717) is 0 Å². The lowest BCUT2D eigenvalue weighted by Crippen LogP contribution is -2.22. The largest absolute Gasteiger partial charge is 0.310 e. The SMILES string of the molecule is CC(NCCC(c1cccc(F)c1)c1cccc(F)c1)c1ccccc1. The van der Waals surface area contributed by atoms with Crippen molar-refractivity contribution >= 4 is 0 Å². The second-order valence-corrected chi connectivity index (χ2v) is 6.54. The minimum Gasteiger partial charge on any atom is -0.310 e. The van der Waals surface area contributed by atoms with Gasteiger partial charge < -0.3 is 5.32 Å². The third-order valence-electron chi connectivity index (χ3n) is 4.69. The first-order valence-corrected chi connectivity index (χ1v) is 8.93. The zero-order valence-electron chi connectivity index (χ0n) is 14.8. The lowest BCUT2D eigenvalue weighted by Gasteiger charge is -2.21. The Balaban J connectivity index is 1.74. The molecule has 3 rings (SSSR count). The third kappa shape index (κ3) is 4.77. The maximum atomic E-state index is 13.7. The summed E-state index contributed by atoms with van der Waals surface area (Å²) >= 11 is 0. The number of rotatable bonds is 7. The monoisotopic (exact) mass is 351 g/mol. The highest BCUT2D eigenvalue weighted by Crippen LogP contribution is 2.29. The van der Waals surface area contributed by atoms with Crippen molar-refractivity contribution in [3.63, 3.8) is 0 Å². The normalized spacial score (nSPS) is 12.3. The molecule has 0 aliphatic rings. The average Bonchev–Trinajstić information content (AvgIpc) is 2.66. The van der Waals surface area contributed by atoms with Gasteiger partial charge in [0.2, 0.25) is 0 Å². The average molecular weight is 351 g/mol. The van der Waals surface area contributed by atoms with Crippen LogP contribution in [0.15, 0.2) is 78.9 Å². The van der Waals surface area contributed by atoms with Gasteiger partial charge in [0.25, 0.3) is 0 Å². The predicted octanol–water partition coefficient (Wildman–Crippen LogP) is 5.84. The van der Waals surface area contributed by atoms with E-state index < -0.39 is 0 Å². The molecule has 3 aromatic rings. The minimum absolute atomic E-state index is 0.0585. The van der Waals surface area contributed by atoms with Crippen LogP contribution in [-0.4, -0.2) is 6.54 Å². The number of hydrogen-bond donors (Lipinski definition) is 1. The van der Waals surface area contributed by atoms with Gasteiger partial charge >= 0.3 is 0 Å². The van der Waals surface area contributed by atoms with E-state index in [1.54, 1.807) is 12.1 Å². The highest BCUT2D eigenvalue weighted by Gasteiger charge is 2.16. The fourth-order valence-corrected chi connectivity index (χ4v) is 3.28. The number of benzene rings is 3. The van der Waals surface area contributed by atoms with E-state index in [2.05, 4.69) is 24.4 Å². The van der Waals surface area contributed by atoms with Gasteiger partial charge in [0.05, 0.1) is 0 Å². The van der Waals surface area contributed by atoms with Crippen LogP contribution in [0.2, 0.25) is 0 Å². The first-order chi connectivity index (χ1) is 12.6. The second-order valence-electron chi connectivity index (χ2n) is 6.54. The quantitative estimate of drug-likeness (QED) is 0.564. The molecule has 0 aromatic heterocycles. The summed E-state index contributed by atoms with van der Waals surface area (Å²) in [5.41, 5.74) is 2.95. The second kappa shape index (κ2) is 8.72. The molecular weight excluding hydrogens is 328 g/mol. The topological polar surface area (TPSA) is 12.0 Å². The van der Waals surface area contributed by atoms with E-state index in [1.807, 2.05) is 30.3 Å². The summed E-state index contributed by atoms with van der Waals surface area (Å²) in [6.07, 6.45) is 0.754. The molecule has 1 atom stereocenters. The predicted molar refractivity (Wildman–Crippen MR) is 102 cm³/mol. The number of nitrogens with one attached hydrogen (secondary N) is 1. The molecule has 134 valence electrons. The summed E-state index contributed by atoms with van der Waals surface area (Å²) < 4.78 is 27.4. The van der Waals surface area contributed by atoms with E-state index in [1.165, 1.54) is 29.8 Å². The van der Waals surface area contributed by atoms with E-state index >= 15 is 0 Å². The van der Waals surface area contributed by atoms with E-state index in [4.69, 9.17) is 0 Å². The molecule has 0 spiro atoms. The van der Waals surface area contributed by atoms with Crippen molar-refractivity contribution in [3.05, 3.63) is 107 Å². The van der Waals surface area contributed by atoms with Crippen molar-refractivity contribution in [2.75, 3.05) is 6.54 Å². The van der Waals surface area contributed by atoms with Crippen molar-refractivity contribution in [1.82, 2.24) is 5.32 Å². The van der Waals surface area contributed by atoms with Crippen LogP contribution in [0, 0.1) is 11.6 Å². The Bertz CT molecular complexity index is 787. The third-order valence-corrected chi connectivity index (χ3v) is 4.69. The van der Waals surface area contributed by atoms with Gasteiger partial charge in [0.15, 0.2) is 0 Å².